The summed E-state index contributed by atoms with van der Waals surface area (Å²) in [4.78, 5) is 14.2. The number of hydrogen-bond acceptors (Lipinski definition) is 12. The van der Waals surface area contributed by atoms with Crippen molar-refractivity contribution in [2.75, 3.05) is 14.2 Å². The minimum atomic E-state index is -1.53. The van der Waals surface area contributed by atoms with Gasteiger partial charge >= 0.3 is 5.97 Å². The summed E-state index contributed by atoms with van der Waals surface area (Å²) in [5.41, 5.74) is -4.16. The van der Waals surface area contributed by atoms with Crippen molar-refractivity contribution in [3.05, 3.63) is 0 Å². The Kier molecular flexibility index (Phi) is 12.7. The Morgan fingerprint density at radius 3 is 2.14 bits per heavy atom. The molecule has 7 unspecified atom stereocenters. The van der Waals surface area contributed by atoms with Crippen LogP contribution in [0.2, 0.25) is 0 Å². The molecule has 12 heteroatoms. The van der Waals surface area contributed by atoms with Crippen molar-refractivity contribution in [3.63, 3.8) is 0 Å². The molecule has 12 nitrogen and oxygen atoms in total. The van der Waals surface area contributed by atoms with Gasteiger partial charge in [0.1, 0.15) is 11.7 Å². The number of rotatable bonds is 7. The molecule has 0 amide bonds. The zero-order chi connectivity index (χ0) is 36.9. The number of carbonyl (C=O) groups is 1. The van der Waals surface area contributed by atoms with Crippen LogP contribution in [0.5, 0.6) is 0 Å². The van der Waals surface area contributed by atoms with Crippen LogP contribution in [0.4, 0.5) is 0 Å². The molecule has 5 N–H and O–H groups in total. The molecule has 18 atom stereocenters. The maximum atomic E-state index is 14.2. The summed E-state index contributed by atoms with van der Waals surface area (Å²) in [7, 11) is 3.44. The topological polar surface area (TPSA) is 165 Å². The fraction of sp³-hybridized carbons (Fsp3) is 0.973. The molecule has 0 aromatic rings. The molecule has 0 bridgehead atoms. The molecule has 286 valence electrons. The van der Waals surface area contributed by atoms with Crippen molar-refractivity contribution >= 4 is 5.97 Å². The number of nitrogens with one attached hydrogen (secondary N) is 1. The summed E-state index contributed by atoms with van der Waals surface area (Å²) in [6, 6.07) is 0.143. The lowest BCUT2D eigenvalue weighted by atomic mass is 9.74. The zero-order valence-electron chi connectivity index (χ0n) is 32.0. The summed E-state index contributed by atoms with van der Waals surface area (Å²) < 4.78 is 38.0. The monoisotopic (exact) mass is 701 g/mol. The first kappa shape index (κ1) is 40.8. The van der Waals surface area contributed by atoms with Crippen LogP contribution in [-0.2, 0) is 33.2 Å². The number of fused-ring (bicyclic) bond motifs is 1. The van der Waals surface area contributed by atoms with Crippen LogP contribution < -0.4 is 5.32 Å². The first-order valence-corrected chi connectivity index (χ1v) is 18.5. The van der Waals surface area contributed by atoms with Gasteiger partial charge in [0.05, 0.1) is 53.7 Å². The highest BCUT2D eigenvalue weighted by Gasteiger charge is 2.71. The van der Waals surface area contributed by atoms with Crippen molar-refractivity contribution < 1.29 is 53.6 Å². The Morgan fingerprint density at radius 1 is 0.898 bits per heavy atom. The maximum absolute atomic E-state index is 14.2. The molecule has 4 fully saturated rings. The van der Waals surface area contributed by atoms with Crippen LogP contribution in [0.25, 0.3) is 0 Å². The second-order valence-electron chi connectivity index (χ2n) is 16.8. The number of esters is 1. The third kappa shape index (κ3) is 8.04. The highest BCUT2D eigenvalue weighted by molar-refractivity contribution is 5.74. The van der Waals surface area contributed by atoms with Gasteiger partial charge in [-0.25, -0.2) is 0 Å². The van der Waals surface area contributed by atoms with E-state index in [0.717, 1.165) is 6.42 Å². The number of methoxy groups -OCH3 is 1. The van der Waals surface area contributed by atoms with Crippen molar-refractivity contribution in [2.24, 2.45) is 29.1 Å². The van der Waals surface area contributed by atoms with Crippen LogP contribution in [-0.4, -0.2) is 119 Å². The highest BCUT2D eigenvalue weighted by Crippen LogP contribution is 2.64. The molecule has 4 aliphatic rings. The molecule has 0 aromatic heterocycles. The molecule has 49 heavy (non-hydrogen) atoms. The Labute approximate surface area is 293 Å². The van der Waals surface area contributed by atoms with Gasteiger partial charge < -0.3 is 54.2 Å². The lowest BCUT2D eigenvalue weighted by Crippen LogP contribution is -2.59. The van der Waals surface area contributed by atoms with Crippen LogP contribution >= 0.6 is 0 Å². The Balaban J connectivity index is 1.78. The molecule has 0 spiro atoms. The van der Waals surface area contributed by atoms with E-state index in [1.165, 1.54) is 7.11 Å². The average molecular weight is 702 g/mol. The third-order valence-corrected chi connectivity index (χ3v) is 12.9. The van der Waals surface area contributed by atoms with E-state index in [4.69, 9.17) is 28.4 Å². The molecule has 0 aromatic carbocycles. The zero-order valence-corrected chi connectivity index (χ0v) is 32.0. The first-order valence-electron chi connectivity index (χ1n) is 18.5. The number of carbonyl (C=O) groups excluding carboxylic acids is 1. The molecule has 0 radical (unpaired) electrons. The van der Waals surface area contributed by atoms with Crippen molar-refractivity contribution in [2.45, 2.75) is 186 Å². The van der Waals surface area contributed by atoms with E-state index in [1.54, 1.807) is 27.7 Å². The van der Waals surface area contributed by atoms with Crippen LogP contribution in [0.15, 0.2) is 0 Å². The van der Waals surface area contributed by atoms with Gasteiger partial charge in [-0.3, -0.25) is 4.79 Å². The van der Waals surface area contributed by atoms with E-state index in [2.05, 4.69) is 5.32 Å². The second-order valence-corrected chi connectivity index (χ2v) is 16.8. The van der Waals surface area contributed by atoms with Gasteiger partial charge in [0, 0.05) is 43.2 Å². The van der Waals surface area contributed by atoms with Gasteiger partial charge in [0.2, 0.25) is 0 Å². The summed E-state index contributed by atoms with van der Waals surface area (Å²) in [5.74, 6) is -2.94. The number of aliphatic hydroxyl groups is 4. The first-order chi connectivity index (χ1) is 22.7. The standard InChI is InChI=1S/C37H67NO11/c1-13-37-18-34(37,8)30(40)21(4)28(39)19(2)16-35(9,43)32(48-26-15-25(38-11)14-20(3)45-26)22(5)29(23(6)33(42)49-37)47-27-17-36(10,44-12)31(41)24(7)46-27/h19-32,38-41,43H,13-18H2,1-12H3/t19-,20?,21+,22+,23-,24?,25?,26?,27?,28+,29+,30-,31?,32-,34+,35+,36?,37-/m1/s1. The molecule has 1 saturated carbocycles. The SMILES string of the molecule is CC[C@@]12C[C@@]1(C)[C@H](O)[C@@H](C)[C@@H](O)[C@H](C)C[C@](C)(O)[C@H](OC1CC(NC)CC(C)O1)[C@@H](C)[C@H](OC1CC(C)(OC)C(O)C(C)O1)[C@@H](C)C(=O)O2. The molecular weight excluding hydrogens is 634 g/mol. The van der Waals surface area contributed by atoms with Gasteiger partial charge in [-0.05, 0) is 73.3 Å². The Hall–Kier alpha value is -0.930. The molecule has 3 heterocycles. The van der Waals surface area contributed by atoms with Crippen molar-refractivity contribution in [1.29, 1.82) is 0 Å². The van der Waals surface area contributed by atoms with Crippen LogP contribution in [0, 0.1) is 29.1 Å². The molecular formula is C37H67NO11. The van der Waals surface area contributed by atoms with E-state index in [-0.39, 0.29) is 25.0 Å². The van der Waals surface area contributed by atoms with E-state index >= 15 is 0 Å². The van der Waals surface area contributed by atoms with E-state index < -0.39 is 101 Å². The summed E-state index contributed by atoms with van der Waals surface area (Å²) in [6.45, 7) is 18.4. The average Bonchev–Trinajstić information content (AvgIpc) is 3.66. The lowest BCUT2D eigenvalue weighted by molar-refractivity contribution is -0.308. The van der Waals surface area contributed by atoms with E-state index in [9.17, 15) is 25.2 Å². The third-order valence-electron chi connectivity index (χ3n) is 12.9. The normalized spacial score (nSPS) is 53.3. The quantitative estimate of drug-likeness (QED) is 0.247. The number of hydrogen-bond donors (Lipinski definition) is 5. The van der Waals surface area contributed by atoms with Gasteiger partial charge in [0.15, 0.2) is 12.6 Å². The lowest BCUT2D eigenvalue weighted by Gasteiger charge is -2.48. The highest BCUT2D eigenvalue weighted by atomic mass is 16.7. The number of aliphatic hydroxyl groups excluding tert-OH is 3. The fourth-order valence-electron chi connectivity index (χ4n) is 9.33. The number of ether oxygens (including phenoxy) is 6. The molecule has 1 aliphatic carbocycles. The van der Waals surface area contributed by atoms with Crippen molar-refractivity contribution in [1.82, 2.24) is 5.32 Å². The second kappa shape index (κ2) is 15.2. The predicted molar refractivity (Wildman–Crippen MR) is 182 cm³/mol. The summed E-state index contributed by atoms with van der Waals surface area (Å²) in [6.07, 6.45) is -4.19. The minimum Gasteiger partial charge on any atom is -0.458 e. The van der Waals surface area contributed by atoms with E-state index in [0.29, 0.717) is 19.3 Å². The molecule has 3 aliphatic heterocycles. The predicted octanol–water partition coefficient (Wildman–Crippen LogP) is 3.29. The molecule has 4 rings (SSSR count). The van der Waals surface area contributed by atoms with Gasteiger partial charge in [0.25, 0.3) is 0 Å². The summed E-state index contributed by atoms with van der Waals surface area (Å²) in [5, 5.41) is 49.9. The van der Waals surface area contributed by atoms with Gasteiger partial charge in [-0.2, -0.15) is 0 Å². The Morgan fingerprint density at radius 2 is 1.55 bits per heavy atom. The Bertz CT molecular complexity index is 1130. The largest absolute Gasteiger partial charge is 0.458 e. The van der Waals surface area contributed by atoms with Gasteiger partial charge in [-0.15, -0.1) is 0 Å². The van der Waals surface area contributed by atoms with Crippen molar-refractivity contribution in [3.8, 4) is 0 Å². The molecule has 3 saturated heterocycles. The smallest absolute Gasteiger partial charge is 0.311 e. The maximum Gasteiger partial charge on any atom is 0.311 e. The van der Waals surface area contributed by atoms with Gasteiger partial charge in [-0.1, -0.05) is 34.6 Å². The fourth-order valence-corrected chi connectivity index (χ4v) is 9.33. The minimum absolute atomic E-state index is 0.0904. The van der Waals surface area contributed by atoms with Crippen LogP contribution in [0.1, 0.15) is 108 Å². The van der Waals surface area contributed by atoms with E-state index in [1.807, 2.05) is 48.6 Å². The van der Waals surface area contributed by atoms with Crippen LogP contribution in [0.3, 0.4) is 0 Å². The summed E-state index contributed by atoms with van der Waals surface area (Å²) >= 11 is 0.